The molecule has 1 saturated heterocycles. The maximum atomic E-state index is 12.1. The van der Waals surface area contributed by atoms with E-state index >= 15 is 0 Å². The molecule has 1 amide bonds. The first-order chi connectivity index (χ1) is 10.3. The van der Waals surface area contributed by atoms with Gasteiger partial charge in [0.15, 0.2) is 0 Å². The Bertz CT molecular complexity index is 425. The van der Waals surface area contributed by atoms with Crippen molar-refractivity contribution in [3.05, 3.63) is 35.9 Å². The van der Waals surface area contributed by atoms with Crippen molar-refractivity contribution in [2.75, 3.05) is 33.2 Å². The summed E-state index contributed by atoms with van der Waals surface area (Å²) >= 11 is 0. The molecule has 1 atom stereocenters. The minimum Gasteiger partial charge on any atom is -0.348 e. The maximum Gasteiger partial charge on any atom is 0.220 e. The lowest BCUT2D eigenvalue weighted by Gasteiger charge is -2.25. The van der Waals surface area contributed by atoms with Crippen molar-refractivity contribution in [2.24, 2.45) is 0 Å². The Morgan fingerprint density at radius 2 is 1.83 bits per heavy atom. The highest BCUT2D eigenvalue weighted by atomic mass is 35.5. The zero-order chi connectivity index (χ0) is 14.9. The summed E-state index contributed by atoms with van der Waals surface area (Å²) in [5.74, 6) is 0.151. The van der Waals surface area contributed by atoms with Gasteiger partial charge in [0.1, 0.15) is 0 Å². The van der Waals surface area contributed by atoms with Crippen LogP contribution >= 0.6 is 24.8 Å². The van der Waals surface area contributed by atoms with E-state index in [1.807, 2.05) is 25.2 Å². The minimum atomic E-state index is 0. The van der Waals surface area contributed by atoms with Crippen LogP contribution in [-0.2, 0) is 4.79 Å². The largest absolute Gasteiger partial charge is 0.348 e. The lowest BCUT2D eigenvalue weighted by molar-refractivity contribution is -0.122. The molecule has 1 heterocycles. The number of hydrogen-bond donors (Lipinski definition) is 2. The Balaban J connectivity index is 0.00000242. The van der Waals surface area contributed by atoms with Crippen molar-refractivity contribution < 1.29 is 4.79 Å². The van der Waals surface area contributed by atoms with Crippen molar-refractivity contribution in [2.45, 2.75) is 31.7 Å². The van der Waals surface area contributed by atoms with E-state index in [2.05, 4.69) is 27.7 Å². The van der Waals surface area contributed by atoms with E-state index in [9.17, 15) is 4.79 Å². The van der Waals surface area contributed by atoms with Crippen molar-refractivity contribution in [1.29, 1.82) is 0 Å². The monoisotopic (exact) mass is 361 g/mol. The van der Waals surface area contributed by atoms with Crippen LogP contribution in [0.3, 0.4) is 0 Å². The number of nitrogens with zero attached hydrogens (tertiary/aromatic N) is 1. The summed E-state index contributed by atoms with van der Waals surface area (Å²) in [6, 6.07) is 10.4. The van der Waals surface area contributed by atoms with Gasteiger partial charge in [-0.2, -0.15) is 0 Å². The number of benzene rings is 1. The van der Waals surface area contributed by atoms with Gasteiger partial charge in [-0.3, -0.25) is 4.79 Å². The van der Waals surface area contributed by atoms with E-state index < -0.39 is 0 Å². The molecule has 0 radical (unpaired) electrons. The Morgan fingerprint density at radius 1 is 1.17 bits per heavy atom. The van der Waals surface area contributed by atoms with Crippen molar-refractivity contribution in [3.8, 4) is 0 Å². The Labute approximate surface area is 152 Å². The SMILES string of the molecule is CNCCCC(=O)NC(CN1CCCC1)c1ccccc1.Cl.Cl. The van der Waals surface area contributed by atoms with Gasteiger partial charge in [0.05, 0.1) is 6.04 Å². The van der Waals surface area contributed by atoms with Gasteiger partial charge in [-0.15, -0.1) is 24.8 Å². The predicted molar refractivity (Wildman–Crippen MR) is 101 cm³/mol. The molecule has 2 N–H and O–H groups in total. The number of carbonyl (C=O) groups excluding carboxylic acids is 1. The summed E-state index contributed by atoms with van der Waals surface area (Å²) in [5.41, 5.74) is 1.20. The molecule has 132 valence electrons. The van der Waals surface area contributed by atoms with Crippen LogP contribution in [0.25, 0.3) is 0 Å². The zero-order valence-corrected chi connectivity index (χ0v) is 15.4. The third-order valence-electron chi connectivity index (χ3n) is 4.01. The number of hydrogen-bond acceptors (Lipinski definition) is 3. The summed E-state index contributed by atoms with van der Waals surface area (Å²) in [6.45, 7) is 4.11. The molecule has 1 aromatic rings. The van der Waals surface area contributed by atoms with Gasteiger partial charge in [0, 0.05) is 13.0 Å². The first kappa shape index (κ1) is 22.2. The van der Waals surface area contributed by atoms with Crippen LogP contribution in [0.1, 0.15) is 37.3 Å². The third kappa shape index (κ3) is 8.02. The van der Waals surface area contributed by atoms with Crippen LogP contribution in [0.5, 0.6) is 0 Å². The molecule has 1 fully saturated rings. The fraction of sp³-hybridized carbons (Fsp3) is 0.588. The van der Waals surface area contributed by atoms with Crippen molar-refractivity contribution >= 4 is 30.7 Å². The summed E-state index contributed by atoms with van der Waals surface area (Å²) < 4.78 is 0. The fourth-order valence-corrected chi connectivity index (χ4v) is 2.84. The van der Waals surface area contributed by atoms with Crippen LogP contribution in [0.2, 0.25) is 0 Å². The number of nitrogens with one attached hydrogen (secondary N) is 2. The number of amides is 1. The van der Waals surface area contributed by atoms with Gasteiger partial charge in [-0.25, -0.2) is 0 Å². The van der Waals surface area contributed by atoms with E-state index in [1.165, 1.54) is 18.4 Å². The van der Waals surface area contributed by atoms with Crippen LogP contribution < -0.4 is 10.6 Å². The molecule has 23 heavy (non-hydrogen) atoms. The Morgan fingerprint density at radius 3 is 2.43 bits per heavy atom. The summed E-state index contributed by atoms with van der Waals surface area (Å²) in [4.78, 5) is 14.6. The second-order valence-corrected chi connectivity index (χ2v) is 5.75. The first-order valence-corrected chi connectivity index (χ1v) is 8.01. The van der Waals surface area contributed by atoms with Crippen molar-refractivity contribution in [3.63, 3.8) is 0 Å². The molecular formula is C17H29Cl2N3O. The Hall–Kier alpha value is -0.810. The smallest absolute Gasteiger partial charge is 0.220 e. The van der Waals surface area contributed by atoms with E-state index in [4.69, 9.17) is 0 Å². The normalized spacial score (nSPS) is 15.3. The number of rotatable bonds is 8. The molecule has 2 rings (SSSR count). The molecule has 0 saturated carbocycles. The average Bonchev–Trinajstić information content (AvgIpc) is 3.01. The van der Waals surface area contributed by atoms with E-state index in [0.29, 0.717) is 6.42 Å². The van der Waals surface area contributed by atoms with E-state index in [0.717, 1.165) is 32.6 Å². The maximum absolute atomic E-state index is 12.1. The lowest BCUT2D eigenvalue weighted by Crippen LogP contribution is -2.37. The molecule has 6 heteroatoms. The molecule has 0 aliphatic carbocycles. The van der Waals surface area contributed by atoms with Gasteiger partial charge in [0.2, 0.25) is 5.91 Å². The number of carbonyl (C=O) groups is 1. The number of halogens is 2. The fourth-order valence-electron chi connectivity index (χ4n) is 2.84. The van der Waals surface area contributed by atoms with Gasteiger partial charge in [-0.1, -0.05) is 30.3 Å². The summed E-state index contributed by atoms with van der Waals surface area (Å²) in [7, 11) is 1.91. The predicted octanol–water partition coefficient (Wildman–Crippen LogP) is 2.78. The second kappa shape index (κ2) is 12.6. The standard InChI is InChI=1S/C17H27N3O.2ClH/c1-18-11-7-10-17(21)19-16(14-20-12-5-6-13-20)15-8-3-2-4-9-15;;/h2-4,8-9,16,18H,5-7,10-14H2,1H3,(H,19,21);2*1H. The first-order valence-electron chi connectivity index (χ1n) is 8.01. The molecule has 1 aliphatic heterocycles. The Kier molecular flexibility index (Phi) is 12.1. The summed E-state index contributed by atoms with van der Waals surface area (Å²) in [6.07, 6.45) is 4.02. The van der Waals surface area contributed by atoms with E-state index in [1.54, 1.807) is 0 Å². The minimum absolute atomic E-state index is 0. The highest BCUT2D eigenvalue weighted by Gasteiger charge is 2.20. The molecule has 0 bridgehead atoms. The van der Waals surface area contributed by atoms with Gasteiger partial charge in [-0.05, 0) is 51.5 Å². The quantitative estimate of drug-likeness (QED) is 0.699. The van der Waals surface area contributed by atoms with Gasteiger partial charge in [0.25, 0.3) is 0 Å². The molecule has 0 spiro atoms. The third-order valence-corrected chi connectivity index (χ3v) is 4.01. The molecule has 1 aromatic carbocycles. The molecule has 1 unspecified atom stereocenters. The molecule has 1 aliphatic rings. The topological polar surface area (TPSA) is 44.4 Å². The van der Waals surface area contributed by atoms with Crippen LogP contribution in [0, 0.1) is 0 Å². The number of likely N-dealkylation sites (tertiary alicyclic amines) is 1. The van der Waals surface area contributed by atoms with E-state index in [-0.39, 0.29) is 36.8 Å². The lowest BCUT2D eigenvalue weighted by atomic mass is 10.1. The molecule has 4 nitrogen and oxygen atoms in total. The average molecular weight is 362 g/mol. The highest BCUT2D eigenvalue weighted by Crippen LogP contribution is 2.17. The van der Waals surface area contributed by atoms with Crippen LogP contribution in [0.15, 0.2) is 30.3 Å². The molecule has 0 aromatic heterocycles. The summed E-state index contributed by atoms with van der Waals surface area (Å²) in [5, 5.41) is 6.29. The molecular weight excluding hydrogens is 333 g/mol. The van der Waals surface area contributed by atoms with Gasteiger partial charge < -0.3 is 15.5 Å². The zero-order valence-electron chi connectivity index (χ0n) is 13.8. The van der Waals surface area contributed by atoms with Gasteiger partial charge >= 0.3 is 0 Å². The highest BCUT2D eigenvalue weighted by molar-refractivity contribution is 5.85. The second-order valence-electron chi connectivity index (χ2n) is 5.75. The van der Waals surface area contributed by atoms with Crippen molar-refractivity contribution in [1.82, 2.24) is 15.5 Å². The van der Waals surface area contributed by atoms with Crippen LogP contribution in [0.4, 0.5) is 0 Å². The van der Waals surface area contributed by atoms with Crippen LogP contribution in [-0.4, -0.2) is 44.0 Å².